The summed E-state index contributed by atoms with van der Waals surface area (Å²) in [6.07, 6.45) is 18.5. The zero-order valence-electron chi connectivity index (χ0n) is 35.9. The predicted molar refractivity (Wildman–Crippen MR) is 221 cm³/mol. The van der Waals surface area contributed by atoms with E-state index in [9.17, 15) is 35.7 Å². The normalized spacial score (nSPS) is 20.3. The molecule has 0 radical (unpaired) electrons. The Bertz CT molecular complexity index is 1080. The Balaban J connectivity index is 4.45. The number of aliphatic hydroxyl groups excluding tert-OH is 2. The number of allylic oxidation sites excluding steroid dienone is 5. The molecule has 0 saturated carbocycles. The Kier molecular flexibility index (Phi) is 24.0. The van der Waals surface area contributed by atoms with Crippen LogP contribution in [0.5, 0.6) is 0 Å². The first-order valence-corrected chi connectivity index (χ1v) is 20.8. The van der Waals surface area contributed by atoms with Gasteiger partial charge in [-0.25, -0.2) is 0 Å². The minimum Gasteiger partial charge on any atom is -0.392 e. The monoisotopic (exact) mass is 755 g/mol. The molecule has 0 heterocycles. The maximum Gasteiger partial charge on any atom is 0.0877 e. The molecule has 0 aromatic rings. The molecular weight excluding hydrogens is 668 g/mol. The molecule has 8 heteroatoms. The zero-order chi connectivity index (χ0) is 41.0. The van der Waals surface area contributed by atoms with Crippen LogP contribution in [0, 0.1) is 0 Å². The molecule has 314 valence electrons. The standard InChI is InChI=1S/C45H86O8/c1-36(2)18-12-24-40(5,48)25-13-26-41(6,49)27-14-28-42(7,50)29-15-30-43(8,51)31-16-32-44(9,52)33-17-34-45(10,53)39(47)22-21-37(3)19-11-20-38(4)23-35-46/h18-19,23,39,46-53H,11-17,20-22,24-35H2,1-10H3/b37-19+,38-23+/t39-,40-,41-,42-,43-,44-,45-/m0/s1. The fraction of sp³-hybridized carbons (Fsp3) is 0.867. The minimum atomic E-state index is -1.24. The fourth-order valence-corrected chi connectivity index (χ4v) is 7.27. The molecule has 0 bridgehead atoms. The predicted octanol–water partition coefficient (Wildman–Crippen LogP) is 8.90. The van der Waals surface area contributed by atoms with Gasteiger partial charge in [0.15, 0.2) is 0 Å². The van der Waals surface area contributed by atoms with Crippen LogP contribution in [0.15, 0.2) is 34.9 Å². The number of aliphatic hydroxyl groups is 8. The van der Waals surface area contributed by atoms with Crippen LogP contribution >= 0.6 is 0 Å². The molecule has 0 amide bonds. The second-order valence-electron chi connectivity index (χ2n) is 18.8. The smallest absolute Gasteiger partial charge is 0.0877 e. The zero-order valence-corrected chi connectivity index (χ0v) is 35.9. The van der Waals surface area contributed by atoms with Crippen LogP contribution in [0.1, 0.15) is 204 Å². The third kappa shape index (κ3) is 28.0. The maximum absolute atomic E-state index is 11.0. The van der Waals surface area contributed by atoms with Crippen LogP contribution < -0.4 is 0 Å². The molecule has 53 heavy (non-hydrogen) atoms. The highest BCUT2D eigenvalue weighted by molar-refractivity contribution is 5.04. The molecule has 8 nitrogen and oxygen atoms in total. The molecule has 0 rings (SSSR count). The van der Waals surface area contributed by atoms with Crippen molar-refractivity contribution in [2.45, 2.75) is 244 Å². The van der Waals surface area contributed by atoms with Gasteiger partial charge >= 0.3 is 0 Å². The average Bonchev–Trinajstić information content (AvgIpc) is 2.98. The summed E-state index contributed by atoms with van der Waals surface area (Å²) in [5.41, 5.74) is -1.97. The minimum absolute atomic E-state index is 0.0565. The van der Waals surface area contributed by atoms with E-state index in [1.54, 1.807) is 13.8 Å². The fourth-order valence-electron chi connectivity index (χ4n) is 7.27. The van der Waals surface area contributed by atoms with E-state index in [0.717, 1.165) is 31.3 Å². The van der Waals surface area contributed by atoms with Gasteiger partial charge < -0.3 is 40.9 Å². The average molecular weight is 755 g/mol. The van der Waals surface area contributed by atoms with Crippen molar-refractivity contribution in [2.24, 2.45) is 0 Å². The first kappa shape index (κ1) is 51.9. The van der Waals surface area contributed by atoms with Gasteiger partial charge in [0, 0.05) is 0 Å². The quantitative estimate of drug-likeness (QED) is 0.0326. The summed E-state index contributed by atoms with van der Waals surface area (Å²) in [5, 5.41) is 85.3. The summed E-state index contributed by atoms with van der Waals surface area (Å²) < 4.78 is 0. The molecule has 7 atom stereocenters. The second kappa shape index (κ2) is 24.5. The van der Waals surface area contributed by atoms with Gasteiger partial charge in [-0.3, -0.25) is 0 Å². The molecule has 0 saturated heterocycles. The molecule has 0 spiro atoms. The molecule has 0 aliphatic carbocycles. The Labute approximate surface area is 325 Å². The summed E-state index contributed by atoms with van der Waals surface area (Å²) in [5.74, 6) is 0. The van der Waals surface area contributed by atoms with E-state index >= 15 is 0 Å². The van der Waals surface area contributed by atoms with Gasteiger partial charge in [-0.15, -0.1) is 0 Å². The first-order chi connectivity index (χ1) is 24.2. The molecule has 0 aliphatic rings. The van der Waals surface area contributed by atoms with E-state index in [1.807, 2.05) is 47.6 Å². The van der Waals surface area contributed by atoms with E-state index in [4.69, 9.17) is 5.11 Å². The molecule has 8 N–H and O–H groups in total. The van der Waals surface area contributed by atoms with Gasteiger partial charge in [0.1, 0.15) is 0 Å². The number of hydrogen-bond acceptors (Lipinski definition) is 8. The lowest BCUT2D eigenvalue weighted by Crippen LogP contribution is -2.39. The summed E-state index contributed by atoms with van der Waals surface area (Å²) in [4.78, 5) is 0. The van der Waals surface area contributed by atoms with Gasteiger partial charge in [-0.05, 0) is 204 Å². The summed E-state index contributed by atoms with van der Waals surface area (Å²) >= 11 is 0. The number of rotatable bonds is 31. The molecule has 0 aliphatic heterocycles. The molecular formula is C45H86O8. The van der Waals surface area contributed by atoms with Crippen molar-refractivity contribution in [2.75, 3.05) is 6.61 Å². The summed E-state index contributed by atoms with van der Waals surface area (Å²) in [6, 6.07) is 0. The Hall–Kier alpha value is -1.10. The van der Waals surface area contributed by atoms with E-state index in [2.05, 4.69) is 26.0 Å². The molecule has 0 fully saturated rings. The molecule has 0 unspecified atom stereocenters. The van der Waals surface area contributed by atoms with Crippen molar-refractivity contribution in [1.29, 1.82) is 0 Å². The maximum atomic E-state index is 11.0. The van der Waals surface area contributed by atoms with Crippen LogP contribution in [0.25, 0.3) is 0 Å². The van der Waals surface area contributed by atoms with Crippen molar-refractivity contribution in [1.82, 2.24) is 0 Å². The number of hydrogen-bond donors (Lipinski definition) is 8. The SMILES string of the molecule is CC(C)=CCC[C@](C)(O)CCC[C@](C)(O)CCC[C@](C)(O)CCC[C@](C)(O)CCC[C@](C)(O)CCC[C@](C)(O)[C@@H](O)CC/C(C)=C/CC/C(C)=C/CO. The van der Waals surface area contributed by atoms with Gasteiger partial charge in [0.2, 0.25) is 0 Å². The van der Waals surface area contributed by atoms with Gasteiger partial charge in [0.05, 0.1) is 46.3 Å². The second-order valence-corrected chi connectivity index (χ2v) is 18.8. The van der Waals surface area contributed by atoms with Crippen LogP contribution in [0.4, 0.5) is 0 Å². The highest BCUT2D eigenvalue weighted by atomic mass is 16.3. The van der Waals surface area contributed by atoms with Crippen molar-refractivity contribution >= 4 is 0 Å². The first-order valence-electron chi connectivity index (χ1n) is 20.8. The lowest BCUT2D eigenvalue weighted by atomic mass is 9.83. The van der Waals surface area contributed by atoms with E-state index in [0.29, 0.717) is 109 Å². The Morgan fingerprint density at radius 3 is 1.15 bits per heavy atom. The summed E-state index contributed by atoms with van der Waals surface area (Å²) in [6.45, 7) is 19.0. The van der Waals surface area contributed by atoms with Crippen molar-refractivity contribution < 1.29 is 40.9 Å². The van der Waals surface area contributed by atoms with Crippen LogP contribution in [-0.4, -0.2) is 87.2 Å². The third-order valence-electron chi connectivity index (χ3n) is 11.4. The van der Waals surface area contributed by atoms with Gasteiger partial charge in [0.25, 0.3) is 0 Å². The van der Waals surface area contributed by atoms with Crippen molar-refractivity contribution in [3.63, 3.8) is 0 Å². The van der Waals surface area contributed by atoms with E-state index < -0.39 is 39.7 Å². The molecule has 0 aromatic carbocycles. The summed E-state index contributed by atoms with van der Waals surface area (Å²) in [7, 11) is 0. The Morgan fingerprint density at radius 1 is 0.453 bits per heavy atom. The van der Waals surface area contributed by atoms with Gasteiger partial charge in [-0.1, -0.05) is 34.9 Å². The lowest BCUT2D eigenvalue weighted by molar-refractivity contribution is -0.0746. The largest absolute Gasteiger partial charge is 0.392 e. The highest BCUT2D eigenvalue weighted by Crippen LogP contribution is 2.32. The van der Waals surface area contributed by atoms with E-state index in [1.165, 1.54) is 11.1 Å². The third-order valence-corrected chi connectivity index (χ3v) is 11.4. The van der Waals surface area contributed by atoms with Crippen LogP contribution in [-0.2, 0) is 0 Å². The van der Waals surface area contributed by atoms with Crippen LogP contribution in [0.2, 0.25) is 0 Å². The molecule has 0 aromatic heterocycles. The van der Waals surface area contributed by atoms with Gasteiger partial charge in [-0.2, -0.15) is 0 Å². The Morgan fingerprint density at radius 2 is 0.792 bits per heavy atom. The van der Waals surface area contributed by atoms with E-state index in [-0.39, 0.29) is 6.61 Å². The van der Waals surface area contributed by atoms with Crippen LogP contribution in [0.3, 0.4) is 0 Å². The van der Waals surface area contributed by atoms with Crippen molar-refractivity contribution in [3.05, 3.63) is 34.9 Å². The lowest BCUT2D eigenvalue weighted by Gasteiger charge is -2.32. The highest BCUT2D eigenvalue weighted by Gasteiger charge is 2.32. The topological polar surface area (TPSA) is 162 Å². The van der Waals surface area contributed by atoms with Crippen molar-refractivity contribution in [3.8, 4) is 0 Å².